The number of amides is 1. The number of piperazine rings is 1. The Morgan fingerprint density at radius 3 is 2.31 bits per heavy atom. The molecule has 2 heterocycles. The van der Waals surface area contributed by atoms with Crippen LogP contribution in [0.25, 0.3) is 22.2 Å². The average Bonchev–Trinajstić information content (AvgIpc) is 3.14. The van der Waals surface area contributed by atoms with Gasteiger partial charge in [0.25, 0.3) is 0 Å². The lowest BCUT2D eigenvalue weighted by atomic mass is 10.0. The number of aromatic nitrogens is 1. The quantitative estimate of drug-likeness (QED) is 0.216. The molecule has 1 aromatic heterocycles. The summed E-state index contributed by atoms with van der Waals surface area (Å²) < 4.78 is 1.87. The SMILES string of the molecule is Cn1c(-c2ccc(Cl)cc2)c(CCC(=O)N2CC[N+]([O-])(Cc3ccccc3)CC2)c2cc(Cl)ccc21. The maximum atomic E-state index is 13.2. The van der Waals surface area contributed by atoms with Crippen LogP contribution >= 0.6 is 23.2 Å². The number of carbonyl (C=O) groups is 1. The number of rotatable bonds is 6. The fourth-order valence-electron chi connectivity index (χ4n) is 5.26. The second-order valence-electron chi connectivity index (χ2n) is 9.58. The number of hydroxylamine groups is 3. The van der Waals surface area contributed by atoms with Gasteiger partial charge in [-0.1, -0.05) is 65.7 Å². The summed E-state index contributed by atoms with van der Waals surface area (Å²) in [5, 5.41) is 15.6. The normalized spacial score (nSPS) is 15.4. The van der Waals surface area contributed by atoms with Crippen molar-refractivity contribution in [3.8, 4) is 11.3 Å². The number of fused-ring (bicyclic) bond motifs is 1. The summed E-state index contributed by atoms with van der Waals surface area (Å²) in [5.74, 6) is 0.0852. The summed E-state index contributed by atoms with van der Waals surface area (Å²) in [6, 6.07) is 23.5. The van der Waals surface area contributed by atoms with Crippen LogP contribution in [0.15, 0.2) is 72.8 Å². The molecule has 3 aromatic carbocycles. The molecule has 0 aliphatic carbocycles. The Morgan fingerprint density at radius 2 is 1.61 bits per heavy atom. The highest BCUT2D eigenvalue weighted by Crippen LogP contribution is 2.36. The molecule has 0 bridgehead atoms. The fourth-order valence-corrected chi connectivity index (χ4v) is 5.56. The topological polar surface area (TPSA) is 48.3 Å². The Kier molecular flexibility index (Phi) is 7.09. The van der Waals surface area contributed by atoms with Crippen molar-refractivity contribution < 1.29 is 9.44 Å². The van der Waals surface area contributed by atoms with Gasteiger partial charge in [0.2, 0.25) is 5.91 Å². The van der Waals surface area contributed by atoms with Gasteiger partial charge >= 0.3 is 0 Å². The Morgan fingerprint density at radius 1 is 0.944 bits per heavy atom. The van der Waals surface area contributed by atoms with Gasteiger partial charge in [0, 0.05) is 40.0 Å². The van der Waals surface area contributed by atoms with Crippen molar-refractivity contribution >= 4 is 40.0 Å². The molecule has 0 spiro atoms. The van der Waals surface area contributed by atoms with Crippen molar-refractivity contribution in [3.63, 3.8) is 0 Å². The molecule has 5 nitrogen and oxygen atoms in total. The largest absolute Gasteiger partial charge is 0.632 e. The summed E-state index contributed by atoms with van der Waals surface area (Å²) in [6.45, 7) is 2.26. The van der Waals surface area contributed by atoms with E-state index in [9.17, 15) is 10.0 Å². The Labute approximate surface area is 221 Å². The molecule has 186 valence electrons. The van der Waals surface area contributed by atoms with E-state index in [0.717, 1.165) is 33.3 Å². The van der Waals surface area contributed by atoms with Crippen molar-refractivity contribution in [3.05, 3.63) is 99.2 Å². The van der Waals surface area contributed by atoms with Crippen molar-refractivity contribution in [1.82, 2.24) is 9.47 Å². The van der Waals surface area contributed by atoms with E-state index in [1.54, 1.807) is 0 Å². The van der Waals surface area contributed by atoms with Crippen LogP contribution in [0.4, 0.5) is 0 Å². The maximum absolute atomic E-state index is 13.2. The van der Waals surface area contributed by atoms with Crippen LogP contribution in [0.1, 0.15) is 17.5 Å². The van der Waals surface area contributed by atoms with Crippen molar-refractivity contribution in [2.24, 2.45) is 7.05 Å². The van der Waals surface area contributed by atoms with E-state index in [-0.39, 0.29) is 10.6 Å². The molecule has 1 amide bonds. The summed E-state index contributed by atoms with van der Waals surface area (Å²) >= 11 is 12.5. The molecule has 0 saturated carbocycles. The van der Waals surface area contributed by atoms with Crippen molar-refractivity contribution in [2.45, 2.75) is 19.4 Å². The predicted octanol–water partition coefficient (Wildman–Crippen LogP) is 6.44. The number of aryl methyl sites for hydroxylation is 2. The van der Waals surface area contributed by atoms with Crippen LogP contribution < -0.4 is 0 Å². The molecule has 1 saturated heterocycles. The summed E-state index contributed by atoms with van der Waals surface area (Å²) in [4.78, 5) is 15.1. The number of carbonyl (C=O) groups excluding carboxylic acids is 1. The molecular weight excluding hydrogens is 493 g/mol. The third-order valence-electron chi connectivity index (χ3n) is 7.19. The molecule has 0 atom stereocenters. The van der Waals surface area contributed by atoms with Crippen LogP contribution in [-0.2, 0) is 24.8 Å². The second-order valence-corrected chi connectivity index (χ2v) is 10.5. The predicted molar refractivity (Wildman–Crippen MR) is 147 cm³/mol. The Bertz CT molecular complexity index is 1380. The second kappa shape index (κ2) is 10.3. The van der Waals surface area contributed by atoms with Gasteiger partial charge in [-0.3, -0.25) is 4.79 Å². The summed E-state index contributed by atoms with van der Waals surface area (Å²) in [6.07, 6.45) is 0.968. The van der Waals surface area contributed by atoms with Gasteiger partial charge in [-0.05, 0) is 47.9 Å². The highest BCUT2D eigenvalue weighted by Gasteiger charge is 2.28. The number of benzene rings is 3. The van der Waals surface area contributed by atoms with Gasteiger partial charge in [-0.2, -0.15) is 0 Å². The van der Waals surface area contributed by atoms with Gasteiger partial charge in [0.15, 0.2) is 0 Å². The van der Waals surface area contributed by atoms with E-state index in [1.807, 2.05) is 84.7 Å². The lowest BCUT2D eigenvalue weighted by Crippen LogP contribution is -2.56. The van der Waals surface area contributed by atoms with Gasteiger partial charge in [0.1, 0.15) is 6.54 Å². The molecule has 36 heavy (non-hydrogen) atoms. The standard InChI is InChI=1S/C29H29Cl2N3O2/c1-32-27-13-11-24(31)19-26(27)25(29(32)22-7-9-23(30)10-8-22)12-14-28(35)33-15-17-34(36,18-16-33)20-21-5-3-2-4-6-21/h2-11,13,19H,12,14-18,20H2,1H3. The smallest absolute Gasteiger partial charge is 0.223 e. The number of halogens is 2. The van der Waals surface area contributed by atoms with Crippen LogP contribution in [0, 0.1) is 5.21 Å². The minimum atomic E-state index is -0.281. The highest BCUT2D eigenvalue weighted by molar-refractivity contribution is 6.31. The molecule has 4 aromatic rings. The van der Waals surface area contributed by atoms with E-state index in [2.05, 4.69) is 4.57 Å². The fraction of sp³-hybridized carbons (Fsp3) is 0.276. The Balaban J connectivity index is 1.32. The minimum absolute atomic E-state index is 0.0852. The van der Waals surface area contributed by atoms with Gasteiger partial charge < -0.3 is 19.3 Å². The van der Waals surface area contributed by atoms with Crippen LogP contribution in [0.5, 0.6) is 0 Å². The molecule has 5 rings (SSSR count). The first-order valence-corrected chi connectivity index (χ1v) is 13.0. The number of nitrogens with zero attached hydrogens (tertiary/aromatic N) is 3. The first-order valence-electron chi connectivity index (χ1n) is 12.2. The zero-order chi connectivity index (χ0) is 25.3. The number of hydrogen-bond donors (Lipinski definition) is 0. The lowest BCUT2D eigenvalue weighted by Gasteiger charge is -2.48. The molecule has 1 aliphatic heterocycles. The van der Waals surface area contributed by atoms with E-state index in [1.165, 1.54) is 0 Å². The molecule has 0 unspecified atom stereocenters. The van der Waals surface area contributed by atoms with Crippen LogP contribution in [0.2, 0.25) is 10.0 Å². The maximum Gasteiger partial charge on any atom is 0.223 e. The van der Waals surface area contributed by atoms with E-state index in [4.69, 9.17) is 23.2 Å². The van der Waals surface area contributed by atoms with Gasteiger partial charge in [-0.25, -0.2) is 0 Å². The van der Waals surface area contributed by atoms with Gasteiger partial charge in [-0.15, -0.1) is 0 Å². The molecule has 0 radical (unpaired) electrons. The first-order chi connectivity index (χ1) is 17.3. The average molecular weight is 522 g/mol. The summed E-state index contributed by atoms with van der Waals surface area (Å²) in [7, 11) is 2.04. The van der Waals surface area contributed by atoms with Crippen molar-refractivity contribution in [1.29, 1.82) is 0 Å². The highest BCUT2D eigenvalue weighted by atomic mass is 35.5. The zero-order valence-electron chi connectivity index (χ0n) is 20.3. The molecule has 1 aliphatic rings. The third kappa shape index (κ3) is 5.16. The zero-order valence-corrected chi connectivity index (χ0v) is 21.8. The third-order valence-corrected chi connectivity index (χ3v) is 7.68. The summed E-state index contributed by atoms with van der Waals surface area (Å²) in [5.41, 5.74) is 5.31. The molecule has 7 heteroatoms. The van der Waals surface area contributed by atoms with Crippen LogP contribution in [0.3, 0.4) is 0 Å². The lowest BCUT2D eigenvalue weighted by molar-refractivity contribution is -0.897. The molecule has 1 fully saturated rings. The molecule has 0 N–H and O–H groups in total. The van der Waals surface area contributed by atoms with Crippen LogP contribution in [-0.4, -0.2) is 46.2 Å². The van der Waals surface area contributed by atoms with Crippen molar-refractivity contribution in [2.75, 3.05) is 26.2 Å². The Hall–Kier alpha value is -2.83. The van der Waals surface area contributed by atoms with Gasteiger partial charge in [0.05, 0.1) is 31.9 Å². The van der Waals surface area contributed by atoms with E-state index >= 15 is 0 Å². The first kappa shape index (κ1) is 24.8. The number of quaternary nitrogens is 1. The van der Waals surface area contributed by atoms with E-state index in [0.29, 0.717) is 55.6 Å². The monoisotopic (exact) mass is 521 g/mol. The number of hydrogen-bond acceptors (Lipinski definition) is 2. The van der Waals surface area contributed by atoms with E-state index < -0.39 is 0 Å². The minimum Gasteiger partial charge on any atom is -0.632 e. The molecular formula is C29H29Cl2N3O2.